The van der Waals surface area contributed by atoms with Crippen LogP contribution in [0.2, 0.25) is 0 Å². The van der Waals surface area contributed by atoms with E-state index in [9.17, 15) is 13.6 Å². The Balaban J connectivity index is 2.64. The summed E-state index contributed by atoms with van der Waals surface area (Å²) in [5, 5.41) is 11.6. The topological polar surface area (TPSA) is 58.6 Å². The second-order valence-corrected chi connectivity index (χ2v) is 3.71. The molecule has 0 spiro atoms. The van der Waals surface area contributed by atoms with Gasteiger partial charge >= 0.3 is 5.97 Å². The zero-order valence-electron chi connectivity index (χ0n) is 9.95. The largest absolute Gasteiger partial charge is 0.485 e. The van der Waals surface area contributed by atoms with Crippen molar-refractivity contribution in [3.8, 4) is 5.75 Å². The molecule has 6 heteroatoms. The Morgan fingerprint density at radius 1 is 1.44 bits per heavy atom. The minimum Gasteiger partial charge on any atom is -0.485 e. The molecule has 0 bridgehead atoms. The number of hydrogen-bond acceptors (Lipinski definition) is 3. The minimum atomic E-state index is -1.12. The molecule has 100 valence electrons. The van der Waals surface area contributed by atoms with Crippen LogP contribution in [0.1, 0.15) is 13.3 Å². The number of ether oxygens (including phenoxy) is 1. The monoisotopic (exact) mass is 259 g/mol. The van der Waals surface area contributed by atoms with Gasteiger partial charge in [-0.1, -0.05) is 13.0 Å². The van der Waals surface area contributed by atoms with Crippen molar-refractivity contribution < 1.29 is 23.4 Å². The molecule has 2 N–H and O–H groups in total. The van der Waals surface area contributed by atoms with Crippen molar-refractivity contribution in [2.45, 2.75) is 19.4 Å². The Kier molecular flexibility index (Phi) is 5.51. The number of aliphatic carboxylic acids is 1. The number of carboxylic acid groups (broad SMARTS) is 1. The van der Waals surface area contributed by atoms with Crippen LogP contribution < -0.4 is 10.1 Å². The number of benzene rings is 1. The van der Waals surface area contributed by atoms with Crippen molar-refractivity contribution in [1.82, 2.24) is 5.32 Å². The molecule has 0 heterocycles. The molecule has 0 aliphatic heterocycles. The molecule has 1 rings (SSSR count). The van der Waals surface area contributed by atoms with E-state index in [0.717, 1.165) is 18.6 Å². The first-order valence-corrected chi connectivity index (χ1v) is 5.59. The van der Waals surface area contributed by atoms with Gasteiger partial charge in [0, 0.05) is 0 Å². The van der Waals surface area contributed by atoms with E-state index in [1.54, 1.807) is 0 Å². The number of carboxylic acids is 1. The van der Waals surface area contributed by atoms with E-state index in [1.807, 2.05) is 6.92 Å². The zero-order valence-corrected chi connectivity index (χ0v) is 9.95. The lowest BCUT2D eigenvalue weighted by molar-refractivity contribution is -0.140. The third kappa shape index (κ3) is 3.96. The highest BCUT2D eigenvalue weighted by Gasteiger charge is 2.19. The molecule has 0 fully saturated rings. The normalized spacial score (nSPS) is 12.2. The molecule has 0 radical (unpaired) electrons. The van der Waals surface area contributed by atoms with Crippen LogP contribution in [0.25, 0.3) is 0 Å². The molecule has 0 aromatic heterocycles. The van der Waals surface area contributed by atoms with Crippen LogP contribution in [0.3, 0.4) is 0 Å². The molecule has 0 saturated heterocycles. The quantitative estimate of drug-likeness (QED) is 0.784. The predicted octanol–water partition coefficient (Wildman–Crippen LogP) is 1.80. The SMILES string of the molecule is CCCNC(COc1c(F)cccc1F)C(=O)O. The van der Waals surface area contributed by atoms with Gasteiger partial charge in [0.25, 0.3) is 0 Å². The van der Waals surface area contributed by atoms with Crippen molar-refractivity contribution >= 4 is 5.97 Å². The number of halogens is 2. The third-order valence-corrected chi connectivity index (χ3v) is 2.25. The van der Waals surface area contributed by atoms with Gasteiger partial charge < -0.3 is 15.2 Å². The maximum atomic E-state index is 13.2. The summed E-state index contributed by atoms with van der Waals surface area (Å²) >= 11 is 0. The van der Waals surface area contributed by atoms with E-state index in [1.165, 1.54) is 6.07 Å². The maximum Gasteiger partial charge on any atom is 0.324 e. The highest BCUT2D eigenvalue weighted by Crippen LogP contribution is 2.20. The second kappa shape index (κ2) is 6.90. The summed E-state index contributed by atoms with van der Waals surface area (Å²) in [6.45, 7) is 2.02. The Labute approximate surface area is 104 Å². The fourth-order valence-corrected chi connectivity index (χ4v) is 1.32. The Morgan fingerprint density at radius 3 is 2.56 bits per heavy atom. The van der Waals surface area contributed by atoms with Gasteiger partial charge in [-0.05, 0) is 25.1 Å². The lowest BCUT2D eigenvalue weighted by atomic mass is 10.3. The average molecular weight is 259 g/mol. The number of para-hydroxylation sites is 1. The molecular weight excluding hydrogens is 244 g/mol. The van der Waals surface area contributed by atoms with Crippen LogP contribution in [-0.2, 0) is 4.79 Å². The summed E-state index contributed by atoms with van der Waals surface area (Å²) < 4.78 is 31.3. The molecule has 18 heavy (non-hydrogen) atoms. The van der Waals surface area contributed by atoms with Crippen LogP contribution in [-0.4, -0.2) is 30.3 Å². The molecule has 0 amide bonds. The fraction of sp³-hybridized carbons (Fsp3) is 0.417. The van der Waals surface area contributed by atoms with Gasteiger partial charge in [-0.25, -0.2) is 8.78 Å². The minimum absolute atomic E-state index is 0.340. The number of carbonyl (C=O) groups is 1. The molecule has 4 nitrogen and oxygen atoms in total. The van der Waals surface area contributed by atoms with E-state index in [2.05, 4.69) is 5.32 Å². The summed E-state index contributed by atoms with van der Waals surface area (Å²) in [4.78, 5) is 10.9. The van der Waals surface area contributed by atoms with Crippen molar-refractivity contribution in [3.63, 3.8) is 0 Å². The molecule has 1 atom stereocenters. The Bertz CT molecular complexity index is 392. The van der Waals surface area contributed by atoms with Crippen LogP contribution in [0.5, 0.6) is 5.75 Å². The Hall–Kier alpha value is -1.69. The molecular formula is C12H15F2NO3. The first-order valence-electron chi connectivity index (χ1n) is 5.59. The smallest absolute Gasteiger partial charge is 0.324 e. The van der Waals surface area contributed by atoms with E-state index < -0.39 is 29.4 Å². The van der Waals surface area contributed by atoms with Crippen LogP contribution in [0, 0.1) is 11.6 Å². The fourth-order valence-electron chi connectivity index (χ4n) is 1.32. The van der Waals surface area contributed by atoms with Crippen molar-refractivity contribution in [3.05, 3.63) is 29.8 Å². The summed E-state index contributed by atoms with van der Waals surface area (Å²) in [7, 11) is 0. The molecule has 0 aliphatic rings. The number of nitrogens with one attached hydrogen (secondary N) is 1. The zero-order chi connectivity index (χ0) is 13.5. The predicted molar refractivity (Wildman–Crippen MR) is 61.6 cm³/mol. The second-order valence-electron chi connectivity index (χ2n) is 3.71. The Morgan fingerprint density at radius 2 is 2.06 bits per heavy atom. The lowest BCUT2D eigenvalue weighted by Gasteiger charge is -2.15. The summed E-state index contributed by atoms with van der Waals surface area (Å²) in [5.41, 5.74) is 0. The first kappa shape index (κ1) is 14.4. The van der Waals surface area contributed by atoms with Gasteiger partial charge in [0.15, 0.2) is 17.4 Å². The molecule has 0 saturated carbocycles. The van der Waals surface area contributed by atoms with E-state index in [4.69, 9.17) is 9.84 Å². The van der Waals surface area contributed by atoms with Gasteiger partial charge in [-0.2, -0.15) is 0 Å². The highest BCUT2D eigenvalue weighted by atomic mass is 19.1. The van der Waals surface area contributed by atoms with E-state index in [-0.39, 0.29) is 6.61 Å². The van der Waals surface area contributed by atoms with Gasteiger partial charge in [-0.15, -0.1) is 0 Å². The average Bonchev–Trinajstić information content (AvgIpc) is 2.31. The van der Waals surface area contributed by atoms with Crippen LogP contribution in [0.15, 0.2) is 18.2 Å². The van der Waals surface area contributed by atoms with Crippen molar-refractivity contribution in [2.24, 2.45) is 0 Å². The lowest BCUT2D eigenvalue weighted by Crippen LogP contribution is -2.42. The standard InChI is InChI=1S/C12H15F2NO3/c1-2-6-15-10(12(16)17)7-18-11-8(13)4-3-5-9(11)14/h3-5,10,15H,2,6-7H2,1H3,(H,16,17). The van der Waals surface area contributed by atoms with Crippen molar-refractivity contribution in [2.75, 3.05) is 13.2 Å². The number of rotatable bonds is 7. The summed E-state index contributed by atoms with van der Waals surface area (Å²) in [6.07, 6.45) is 0.748. The molecule has 0 aliphatic carbocycles. The number of hydrogen-bond donors (Lipinski definition) is 2. The van der Waals surface area contributed by atoms with E-state index >= 15 is 0 Å². The summed E-state index contributed by atoms with van der Waals surface area (Å²) in [5.74, 6) is -3.38. The van der Waals surface area contributed by atoms with Gasteiger partial charge in [0.1, 0.15) is 12.6 Å². The summed E-state index contributed by atoms with van der Waals surface area (Å²) in [6, 6.07) is 2.31. The van der Waals surface area contributed by atoms with Gasteiger partial charge in [0.05, 0.1) is 0 Å². The van der Waals surface area contributed by atoms with Crippen LogP contribution in [0.4, 0.5) is 8.78 Å². The van der Waals surface area contributed by atoms with Gasteiger partial charge in [0.2, 0.25) is 0 Å². The molecule has 1 aromatic carbocycles. The van der Waals surface area contributed by atoms with E-state index in [0.29, 0.717) is 6.54 Å². The highest BCUT2D eigenvalue weighted by molar-refractivity contribution is 5.73. The van der Waals surface area contributed by atoms with Gasteiger partial charge in [-0.3, -0.25) is 4.79 Å². The molecule has 1 aromatic rings. The molecule has 1 unspecified atom stereocenters. The first-order chi connectivity index (χ1) is 8.56. The maximum absolute atomic E-state index is 13.2. The van der Waals surface area contributed by atoms with Crippen LogP contribution >= 0.6 is 0 Å². The third-order valence-electron chi connectivity index (χ3n) is 2.25. The van der Waals surface area contributed by atoms with Crippen molar-refractivity contribution in [1.29, 1.82) is 0 Å².